The molecule has 1 saturated heterocycles. The molecule has 0 amide bonds. The van der Waals surface area contributed by atoms with Gasteiger partial charge in [-0.15, -0.1) is 0 Å². The summed E-state index contributed by atoms with van der Waals surface area (Å²) in [5.41, 5.74) is 2.49. The Kier molecular flexibility index (Phi) is 4.96. The van der Waals surface area contributed by atoms with Crippen LogP contribution >= 0.6 is 11.6 Å². The van der Waals surface area contributed by atoms with Crippen LogP contribution in [0.1, 0.15) is 18.8 Å². The van der Waals surface area contributed by atoms with Crippen molar-refractivity contribution in [3.8, 4) is 11.3 Å². The number of rotatable bonds is 3. The van der Waals surface area contributed by atoms with E-state index >= 15 is 4.39 Å². The number of hydrogen-bond acceptors (Lipinski definition) is 6. The highest BCUT2D eigenvalue weighted by molar-refractivity contribution is 6.30. The molecule has 0 aliphatic carbocycles. The van der Waals surface area contributed by atoms with E-state index in [1.165, 1.54) is 19.9 Å². The van der Waals surface area contributed by atoms with E-state index in [4.69, 9.17) is 22.1 Å². The molecule has 2 unspecified atom stereocenters. The average Bonchev–Trinajstić information content (AvgIpc) is 2.71. The predicted molar refractivity (Wildman–Crippen MR) is 81.3 cm³/mol. The van der Waals surface area contributed by atoms with Crippen LogP contribution in [0.15, 0.2) is 10.9 Å². The minimum Gasteiger partial charge on any atom is -0.396 e. The van der Waals surface area contributed by atoms with Crippen LogP contribution in [0, 0.1) is 24.1 Å². The summed E-state index contributed by atoms with van der Waals surface area (Å²) in [5.74, 6) is 0.953. The van der Waals surface area contributed by atoms with E-state index in [9.17, 15) is 15.0 Å². The highest BCUT2D eigenvalue weighted by atomic mass is 35.5. The van der Waals surface area contributed by atoms with Crippen molar-refractivity contribution < 1.29 is 19.3 Å². The third-order valence-corrected chi connectivity index (χ3v) is 3.99. The zero-order valence-corrected chi connectivity index (χ0v) is 13.3. The zero-order chi connectivity index (χ0) is 17.4. The third-order valence-electron chi connectivity index (χ3n) is 3.89. The van der Waals surface area contributed by atoms with E-state index in [-0.39, 0.29) is 5.82 Å². The van der Waals surface area contributed by atoms with E-state index in [1.807, 2.05) is 5.38 Å². The number of ether oxygens (including phenoxy) is 1. The summed E-state index contributed by atoms with van der Waals surface area (Å²) in [5, 5.41) is 21.3. The van der Waals surface area contributed by atoms with Crippen LogP contribution in [-0.4, -0.2) is 44.2 Å². The maximum atomic E-state index is 15.5. The number of aliphatic hydroxyl groups excluding tert-OH is 2. The van der Waals surface area contributed by atoms with Gasteiger partial charge in [0.1, 0.15) is 5.82 Å². The first-order valence-corrected chi connectivity index (χ1v) is 7.25. The fraction of sp³-hybridized carbons (Fsp3) is 0.571. The smallest absolute Gasteiger partial charge is 0.351 e. The first-order chi connectivity index (χ1) is 10.8. The lowest BCUT2D eigenvalue weighted by atomic mass is 9.85. The number of anilines is 1. The predicted octanol–water partition coefficient (Wildman–Crippen LogP) is -0.0714. The highest BCUT2D eigenvalue weighted by Gasteiger charge is 2.59. The second-order valence-corrected chi connectivity index (χ2v) is 5.63. The van der Waals surface area contributed by atoms with Gasteiger partial charge in [-0.25, -0.2) is 9.18 Å². The fourth-order valence-electron chi connectivity index (χ4n) is 2.84. The number of aryl methyl sites for hydroxylation is 1. The number of nitrogen functional groups attached to an aromatic ring is 1. The SMILES string of the molecule is Cc1cc(N)nc(=O)n1[C@@H]1O[C@H]([C@@H](C)O)C(CO)C1(F)C#CCl. The summed E-state index contributed by atoms with van der Waals surface area (Å²) < 4.78 is 22.0. The van der Waals surface area contributed by atoms with Crippen LogP contribution in [0.4, 0.5) is 10.2 Å². The molecule has 1 aliphatic rings. The summed E-state index contributed by atoms with van der Waals surface area (Å²) in [6.07, 6.45) is -3.69. The lowest BCUT2D eigenvalue weighted by Crippen LogP contribution is -2.44. The van der Waals surface area contributed by atoms with Gasteiger partial charge in [-0.05, 0) is 37.4 Å². The van der Waals surface area contributed by atoms with Gasteiger partial charge in [-0.1, -0.05) is 0 Å². The standard InChI is InChI=1S/C14H17ClFN3O4/c1-7-5-10(17)18-13(22)19(7)12-14(16,3-4-15)9(6-20)11(23-12)8(2)21/h5,8-9,11-12,20-21H,6H2,1-2H3,(H2,17,18,22)/t8-,9?,11-,12-,14?/m1/s1. The Morgan fingerprint density at radius 1 is 1.70 bits per heavy atom. The monoisotopic (exact) mass is 345 g/mol. The molecule has 4 N–H and O–H groups in total. The van der Waals surface area contributed by atoms with E-state index in [0.29, 0.717) is 5.69 Å². The van der Waals surface area contributed by atoms with Gasteiger partial charge in [0.15, 0.2) is 6.23 Å². The van der Waals surface area contributed by atoms with Crippen molar-refractivity contribution in [2.24, 2.45) is 5.92 Å². The molecule has 0 bridgehead atoms. The van der Waals surface area contributed by atoms with Gasteiger partial charge in [0.2, 0.25) is 5.67 Å². The Labute approximate surface area is 136 Å². The lowest BCUT2D eigenvalue weighted by molar-refractivity contribution is -0.0769. The van der Waals surface area contributed by atoms with Crippen molar-refractivity contribution in [2.45, 2.75) is 38.0 Å². The summed E-state index contributed by atoms with van der Waals surface area (Å²) in [7, 11) is 0. The van der Waals surface area contributed by atoms with Crippen LogP contribution in [0.2, 0.25) is 0 Å². The van der Waals surface area contributed by atoms with Crippen LogP contribution < -0.4 is 11.4 Å². The van der Waals surface area contributed by atoms with E-state index in [2.05, 4.69) is 10.9 Å². The summed E-state index contributed by atoms with van der Waals surface area (Å²) >= 11 is 5.35. The molecule has 5 atom stereocenters. The first-order valence-electron chi connectivity index (χ1n) is 6.88. The number of nitrogens with zero attached hydrogens (tertiary/aromatic N) is 2. The average molecular weight is 346 g/mol. The molecule has 2 heterocycles. The topological polar surface area (TPSA) is 111 Å². The first kappa shape index (κ1) is 17.7. The summed E-state index contributed by atoms with van der Waals surface area (Å²) in [4.78, 5) is 15.7. The molecule has 23 heavy (non-hydrogen) atoms. The molecule has 0 saturated carbocycles. The van der Waals surface area contributed by atoms with Crippen molar-refractivity contribution in [1.82, 2.24) is 9.55 Å². The number of nitrogens with two attached hydrogens (primary N) is 1. The quantitative estimate of drug-likeness (QED) is 0.661. The van der Waals surface area contributed by atoms with Crippen molar-refractivity contribution in [3.05, 3.63) is 22.2 Å². The second kappa shape index (κ2) is 6.45. The molecular weight excluding hydrogens is 329 g/mol. The molecule has 7 nitrogen and oxygen atoms in total. The van der Waals surface area contributed by atoms with E-state index < -0.39 is 42.3 Å². The van der Waals surface area contributed by atoms with Gasteiger partial charge >= 0.3 is 5.69 Å². The highest BCUT2D eigenvalue weighted by Crippen LogP contribution is 2.46. The molecule has 2 rings (SSSR count). The van der Waals surface area contributed by atoms with Crippen LogP contribution in [-0.2, 0) is 4.74 Å². The molecule has 0 radical (unpaired) electrons. The minimum atomic E-state index is -2.48. The number of aliphatic hydroxyl groups is 2. The van der Waals surface area contributed by atoms with Crippen molar-refractivity contribution >= 4 is 17.4 Å². The van der Waals surface area contributed by atoms with Gasteiger partial charge in [0.05, 0.1) is 24.7 Å². The van der Waals surface area contributed by atoms with E-state index in [1.54, 1.807) is 0 Å². The maximum absolute atomic E-state index is 15.5. The number of alkyl halides is 1. The van der Waals surface area contributed by atoms with Crippen LogP contribution in [0.3, 0.4) is 0 Å². The number of aromatic nitrogens is 2. The molecule has 1 aromatic rings. The van der Waals surface area contributed by atoms with Gasteiger partial charge in [-0.3, -0.25) is 4.57 Å². The lowest BCUT2D eigenvalue weighted by Gasteiger charge is -2.27. The number of halogens is 2. The van der Waals surface area contributed by atoms with Crippen molar-refractivity contribution in [1.29, 1.82) is 0 Å². The van der Waals surface area contributed by atoms with Crippen LogP contribution in [0.25, 0.3) is 0 Å². The van der Waals surface area contributed by atoms with Gasteiger partial charge in [-0.2, -0.15) is 4.98 Å². The molecule has 0 spiro atoms. The number of hydrogen-bond donors (Lipinski definition) is 3. The molecule has 1 fully saturated rings. The Balaban J connectivity index is 2.64. The molecule has 1 aliphatic heterocycles. The largest absolute Gasteiger partial charge is 0.396 e. The summed E-state index contributed by atoms with van der Waals surface area (Å²) in [6, 6.07) is 1.38. The molecule has 126 valence electrons. The Morgan fingerprint density at radius 3 is 2.83 bits per heavy atom. The van der Waals surface area contributed by atoms with Gasteiger partial charge in [0, 0.05) is 11.1 Å². The minimum absolute atomic E-state index is 0.0135. The molecule has 0 aromatic carbocycles. The second-order valence-electron chi connectivity index (χ2n) is 5.45. The van der Waals surface area contributed by atoms with Crippen LogP contribution in [0.5, 0.6) is 0 Å². The van der Waals surface area contributed by atoms with Crippen molar-refractivity contribution in [2.75, 3.05) is 12.3 Å². The van der Waals surface area contributed by atoms with Crippen molar-refractivity contribution in [3.63, 3.8) is 0 Å². The Hall–Kier alpha value is -1.66. The maximum Gasteiger partial charge on any atom is 0.351 e. The zero-order valence-electron chi connectivity index (χ0n) is 12.5. The molecule has 1 aromatic heterocycles. The Morgan fingerprint density at radius 2 is 2.35 bits per heavy atom. The van der Waals surface area contributed by atoms with E-state index in [0.717, 1.165) is 4.57 Å². The summed E-state index contributed by atoms with van der Waals surface area (Å²) in [6.45, 7) is 2.27. The molecular formula is C14H17ClFN3O4. The third kappa shape index (κ3) is 2.93. The normalized spacial score (nSPS) is 31.5. The van der Waals surface area contributed by atoms with Gasteiger partial charge < -0.3 is 20.7 Å². The van der Waals surface area contributed by atoms with Gasteiger partial charge in [0.25, 0.3) is 0 Å². The fourth-order valence-corrected chi connectivity index (χ4v) is 2.99. The molecule has 9 heteroatoms. The Bertz CT molecular complexity index is 714.